The van der Waals surface area contributed by atoms with Gasteiger partial charge in [-0.3, -0.25) is 29.9 Å². The van der Waals surface area contributed by atoms with E-state index in [1.54, 1.807) is 72.4 Å². The van der Waals surface area contributed by atoms with E-state index >= 15 is 0 Å². The molecule has 14 heteroatoms. The largest absolute Gasteiger partial charge is 0.265 e. The van der Waals surface area contributed by atoms with Crippen molar-refractivity contribution >= 4 is 34.0 Å². The fraction of sp³-hybridized carbons (Fsp3) is 0.422. The molecule has 0 N–H and O–H groups in total. The second-order valence-corrected chi connectivity index (χ2v) is 23.2. The minimum absolute atomic E-state index is 0.436. The summed E-state index contributed by atoms with van der Waals surface area (Å²) in [4.78, 5) is 47.1. The van der Waals surface area contributed by atoms with Crippen molar-refractivity contribution in [3.8, 4) is 0 Å². The van der Waals surface area contributed by atoms with Crippen LogP contribution in [0.5, 0.6) is 0 Å². The highest BCUT2D eigenvalue weighted by molar-refractivity contribution is 7.10. The molecule has 0 aliphatic rings. The average Bonchev–Trinajstić information content (AvgIpc) is 4.31. The predicted molar refractivity (Wildman–Crippen MR) is 334 cm³/mol. The first-order valence-electron chi connectivity index (χ1n) is 27.0. The second kappa shape index (κ2) is 42.6. The van der Waals surface area contributed by atoms with Gasteiger partial charge in [0.1, 0.15) is 12.2 Å². The molecule has 0 saturated carbocycles. The van der Waals surface area contributed by atoms with E-state index in [0.717, 1.165) is 22.9 Å². The van der Waals surface area contributed by atoms with Crippen LogP contribution in [0.25, 0.3) is 0 Å². The Balaban J connectivity index is 0.000000439. The second-order valence-electron chi connectivity index (χ2n) is 20.4. The van der Waals surface area contributed by atoms with Crippen LogP contribution in [0.1, 0.15) is 227 Å². The predicted octanol–water partition coefficient (Wildman–Crippen LogP) is 18.8. The molecule has 0 aromatic carbocycles. The van der Waals surface area contributed by atoms with Crippen LogP contribution in [0, 0.1) is 0 Å². The third-order valence-electron chi connectivity index (χ3n) is 10.6. The number of thiophene rings is 1. The molecule has 0 amide bonds. The first kappa shape index (κ1) is 69.7. The summed E-state index contributed by atoms with van der Waals surface area (Å²) in [6.07, 6.45) is 25.0. The Labute approximate surface area is 482 Å². The molecule has 0 saturated heterocycles. The van der Waals surface area contributed by atoms with Gasteiger partial charge in [-0.05, 0) is 106 Å². The van der Waals surface area contributed by atoms with Gasteiger partial charge in [-0.1, -0.05) is 143 Å². The van der Waals surface area contributed by atoms with Crippen LogP contribution in [0.4, 0.5) is 0 Å². The zero-order valence-electron chi connectivity index (χ0n) is 50.0. The van der Waals surface area contributed by atoms with Gasteiger partial charge in [0.25, 0.3) is 0 Å². The van der Waals surface area contributed by atoms with Crippen molar-refractivity contribution in [1.82, 2.24) is 54.8 Å². The van der Waals surface area contributed by atoms with Gasteiger partial charge in [0.2, 0.25) is 0 Å². The zero-order chi connectivity index (χ0) is 58.1. The number of hydrogen-bond acceptors (Lipinski definition) is 14. The minimum Gasteiger partial charge on any atom is -0.265 e. The van der Waals surface area contributed by atoms with Gasteiger partial charge in [-0.25, -0.2) is 24.9 Å². The first-order valence-corrected chi connectivity index (χ1v) is 29.7. The van der Waals surface area contributed by atoms with Crippen molar-refractivity contribution in [1.29, 1.82) is 0 Å². The summed E-state index contributed by atoms with van der Waals surface area (Å²) in [6, 6.07) is 22.2. The summed E-state index contributed by atoms with van der Waals surface area (Å²) < 4.78 is 0. The topological polar surface area (TPSA) is 142 Å². The van der Waals surface area contributed by atoms with Gasteiger partial charge in [0.05, 0.1) is 16.2 Å². The van der Waals surface area contributed by atoms with Gasteiger partial charge < -0.3 is 0 Å². The van der Waals surface area contributed by atoms with Gasteiger partial charge in [0, 0.05) is 119 Å². The molecule has 78 heavy (non-hydrogen) atoms. The summed E-state index contributed by atoms with van der Waals surface area (Å²) in [7, 11) is 0. The first-order chi connectivity index (χ1) is 37.2. The Morgan fingerprint density at radius 3 is 1.21 bits per heavy atom. The lowest BCUT2D eigenvalue weighted by Crippen LogP contribution is -1.93. The maximum Gasteiger partial charge on any atom is 0.130 e. The highest BCUT2D eigenvalue weighted by atomic mass is 32.1. The minimum atomic E-state index is 0.436. The molecule has 0 fully saturated rings. The standard InChI is InChI=1S/3C8H11N.3C7H10N2.C7H10S.2C6H9NS/c1-7(2)8-3-5-9-6-4-8;1-7(2)8-4-3-5-9-6-8;1-7(2)8-5-3-4-6-9-8;1-6(2)7-5-8-3-4-9-7;1-6(2)7-3-4-8-5-9-7;1-6(2)7-8-4-3-5-9-7;1-6(2)7-4-3-5-8-7;1-5(2)6-3-7-4-8-6;1-5(2)6-7-3-4-8-6/h3*3-7H,1-2H3;3*3-6H,1-2H3;3-6H,1-2H3;2*3-5H,1-2H3. The van der Waals surface area contributed by atoms with Crippen molar-refractivity contribution < 1.29 is 0 Å². The molecular weight excluding hydrogens is 1020 g/mol. The SMILES string of the molecule is CC(C)c1ccccn1.CC(C)c1cccnc1.CC(C)c1cccs1.CC(C)c1ccncc1.CC(C)c1ccncn1.CC(C)c1cnccn1.CC(C)c1cncs1.CC(C)c1ncccn1.CC(C)c1nccs1. The summed E-state index contributed by atoms with van der Waals surface area (Å²) in [5.41, 5.74) is 7.84. The monoisotopic (exact) mass is 1110 g/mol. The van der Waals surface area contributed by atoms with Crippen molar-refractivity contribution in [2.24, 2.45) is 0 Å². The van der Waals surface area contributed by atoms with Crippen LogP contribution in [0.15, 0.2) is 170 Å². The fourth-order valence-electron chi connectivity index (χ4n) is 5.69. The van der Waals surface area contributed by atoms with Gasteiger partial charge in [0.15, 0.2) is 0 Å². The molecule has 9 heterocycles. The molecule has 0 atom stereocenters. The molecule has 11 nitrogen and oxygen atoms in total. The quantitative estimate of drug-likeness (QED) is 0.136. The number of rotatable bonds is 9. The normalized spacial score (nSPS) is 10.2. The summed E-state index contributed by atoms with van der Waals surface area (Å²) in [5, 5.41) is 5.36. The third-order valence-corrected chi connectivity index (χ3v) is 13.9. The number of thiazole rings is 2. The molecule has 9 rings (SSSR count). The smallest absolute Gasteiger partial charge is 0.130 e. The van der Waals surface area contributed by atoms with Crippen LogP contribution in [-0.4, -0.2) is 54.8 Å². The fourth-order valence-corrected chi connectivity index (χ4v) is 7.73. The molecule has 0 unspecified atom stereocenters. The Hall–Kier alpha value is -6.35. The molecule has 9 aromatic heterocycles. The average molecular weight is 1110 g/mol. The van der Waals surface area contributed by atoms with Crippen molar-refractivity contribution in [2.75, 3.05) is 0 Å². The maximum atomic E-state index is 4.18. The van der Waals surface area contributed by atoms with Crippen LogP contribution in [0.2, 0.25) is 0 Å². The van der Waals surface area contributed by atoms with Crippen molar-refractivity contribution in [2.45, 2.75) is 178 Å². The Morgan fingerprint density at radius 2 is 0.897 bits per heavy atom. The molecule has 0 aliphatic heterocycles. The van der Waals surface area contributed by atoms with Gasteiger partial charge in [-0.15, -0.1) is 34.0 Å². The molecule has 420 valence electrons. The Bertz CT molecular complexity index is 2210. The number of nitrogens with zero attached hydrogens (tertiary/aromatic N) is 11. The third kappa shape index (κ3) is 33.7. The van der Waals surface area contributed by atoms with E-state index in [1.165, 1.54) is 25.9 Å². The Morgan fingerprint density at radius 1 is 0.295 bits per heavy atom. The Kier molecular flexibility index (Phi) is 38.1. The molecule has 0 bridgehead atoms. The molecule has 0 radical (unpaired) electrons. The van der Waals surface area contributed by atoms with E-state index < -0.39 is 0 Å². The van der Waals surface area contributed by atoms with Gasteiger partial charge >= 0.3 is 0 Å². The van der Waals surface area contributed by atoms with Crippen LogP contribution in [-0.2, 0) is 0 Å². The lowest BCUT2D eigenvalue weighted by atomic mass is 10.1. The lowest BCUT2D eigenvalue weighted by Gasteiger charge is -2.01. The van der Waals surface area contributed by atoms with Crippen LogP contribution < -0.4 is 0 Å². The van der Waals surface area contributed by atoms with E-state index in [4.69, 9.17) is 0 Å². The van der Waals surface area contributed by atoms with Crippen molar-refractivity contribution in [3.05, 3.63) is 219 Å². The zero-order valence-corrected chi connectivity index (χ0v) is 52.5. The molecule has 0 aliphatic carbocycles. The highest BCUT2D eigenvalue weighted by Gasteiger charge is 2.02. The van der Waals surface area contributed by atoms with Gasteiger partial charge in [-0.2, -0.15) is 0 Å². The number of pyridine rings is 3. The van der Waals surface area contributed by atoms with E-state index in [1.807, 2.05) is 108 Å². The molecule has 0 spiro atoms. The van der Waals surface area contributed by atoms with Crippen LogP contribution in [0.3, 0.4) is 0 Å². The highest BCUT2D eigenvalue weighted by Crippen LogP contribution is 2.20. The summed E-state index contributed by atoms with van der Waals surface area (Å²) in [6.45, 7) is 38.6. The molecular formula is C64H91N11S3. The molecule has 9 aromatic rings. The van der Waals surface area contributed by atoms with Crippen molar-refractivity contribution in [3.63, 3.8) is 0 Å². The van der Waals surface area contributed by atoms with E-state index in [9.17, 15) is 0 Å². The van der Waals surface area contributed by atoms with E-state index in [0.29, 0.717) is 53.3 Å². The van der Waals surface area contributed by atoms with E-state index in [-0.39, 0.29) is 0 Å². The number of aromatic nitrogens is 11. The summed E-state index contributed by atoms with van der Waals surface area (Å²) >= 11 is 5.27. The van der Waals surface area contributed by atoms with E-state index in [2.05, 4.69) is 203 Å². The number of hydrogen-bond donors (Lipinski definition) is 0. The lowest BCUT2D eigenvalue weighted by molar-refractivity contribution is 0.774. The maximum absolute atomic E-state index is 4.18. The van der Waals surface area contributed by atoms with Crippen LogP contribution >= 0.6 is 34.0 Å². The summed E-state index contributed by atoms with van der Waals surface area (Å²) in [5.74, 6) is 6.04.